The molecule has 0 saturated carbocycles. The largest absolute Gasteiger partial charge is 0.506 e. The molecule has 0 unspecified atom stereocenters. The highest BCUT2D eigenvalue weighted by molar-refractivity contribution is 9.11. The Morgan fingerprint density at radius 3 is 2.88 bits per heavy atom. The van der Waals surface area contributed by atoms with Crippen molar-refractivity contribution in [2.24, 2.45) is 4.99 Å². The lowest BCUT2D eigenvalue weighted by Crippen LogP contribution is -2.14. The maximum Gasteiger partial charge on any atom is 0.234 e. The Bertz CT molecular complexity index is 1390. The molecule has 0 spiro atoms. The smallest absolute Gasteiger partial charge is 0.234 e. The molecule has 2 N–H and O–H groups in total. The van der Waals surface area contributed by atoms with E-state index in [0.717, 1.165) is 30.3 Å². The zero-order chi connectivity index (χ0) is 23.5. The van der Waals surface area contributed by atoms with Gasteiger partial charge in [0.2, 0.25) is 5.91 Å². The lowest BCUT2D eigenvalue weighted by Gasteiger charge is -2.08. The van der Waals surface area contributed by atoms with Gasteiger partial charge in [-0.1, -0.05) is 45.4 Å². The van der Waals surface area contributed by atoms with Gasteiger partial charge in [-0.3, -0.25) is 9.79 Å². The van der Waals surface area contributed by atoms with Gasteiger partial charge in [0, 0.05) is 27.0 Å². The number of thiazole rings is 1. The van der Waals surface area contributed by atoms with Gasteiger partial charge < -0.3 is 10.4 Å². The molecular formula is C23H16Br2ClN3O2S2. The van der Waals surface area contributed by atoms with Gasteiger partial charge in [0.25, 0.3) is 0 Å². The number of hydrogen-bond acceptors (Lipinski definition) is 6. The molecule has 10 heteroatoms. The minimum absolute atomic E-state index is 0.116. The number of carbonyl (C=O) groups excluding carboxylic acids is 1. The van der Waals surface area contributed by atoms with Gasteiger partial charge in [-0.2, -0.15) is 0 Å². The molecular weight excluding hydrogens is 610 g/mol. The molecule has 0 radical (unpaired) electrons. The summed E-state index contributed by atoms with van der Waals surface area (Å²) in [6, 6.07) is 14.7. The normalized spacial score (nSPS) is 11.4. The van der Waals surface area contributed by atoms with Crippen LogP contribution >= 0.6 is 66.6 Å². The van der Waals surface area contributed by atoms with E-state index < -0.39 is 0 Å². The van der Waals surface area contributed by atoms with Crippen LogP contribution in [0.5, 0.6) is 5.75 Å². The summed E-state index contributed by atoms with van der Waals surface area (Å²) in [6.45, 7) is 1.92. The Morgan fingerprint density at radius 1 is 1.24 bits per heavy atom. The first-order valence-electron chi connectivity index (χ1n) is 9.60. The number of fused-ring (bicyclic) bond motifs is 1. The molecule has 0 aliphatic heterocycles. The first-order chi connectivity index (χ1) is 15.8. The third-order valence-corrected chi connectivity index (χ3v) is 8.02. The lowest BCUT2D eigenvalue weighted by molar-refractivity contribution is -0.113. The molecule has 5 nitrogen and oxygen atoms in total. The Labute approximate surface area is 220 Å². The molecule has 3 aromatic carbocycles. The van der Waals surface area contributed by atoms with Gasteiger partial charge in [-0.05, 0) is 70.9 Å². The number of benzene rings is 3. The fourth-order valence-corrected chi connectivity index (χ4v) is 6.24. The van der Waals surface area contributed by atoms with Crippen LogP contribution in [-0.2, 0) is 4.79 Å². The molecule has 1 amide bonds. The molecule has 1 aromatic heterocycles. The van der Waals surface area contributed by atoms with Crippen LogP contribution in [0.15, 0.2) is 66.8 Å². The topological polar surface area (TPSA) is 74.6 Å². The van der Waals surface area contributed by atoms with Gasteiger partial charge in [-0.25, -0.2) is 4.98 Å². The molecule has 0 aliphatic rings. The highest BCUT2D eigenvalue weighted by Gasteiger charge is 2.10. The number of nitrogens with one attached hydrogen (secondary N) is 1. The molecule has 1 heterocycles. The van der Waals surface area contributed by atoms with E-state index in [1.165, 1.54) is 23.1 Å². The first-order valence-corrected chi connectivity index (χ1v) is 13.4. The van der Waals surface area contributed by atoms with Gasteiger partial charge in [-0.15, -0.1) is 11.3 Å². The first kappa shape index (κ1) is 24.2. The van der Waals surface area contributed by atoms with Gasteiger partial charge in [0.15, 0.2) is 4.34 Å². The number of phenols is 1. The number of carbonyl (C=O) groups is 1. The van der Waals surface area contributed by atoms with Crippen molar-refractivity contribution in [3.8, 4) is 5.75 Å². The van der Waals surface area contributed by atoms with E-state index in [2.05, 4.69) is 47.2 Å². The second-order valence-electron chi connectivity index (χ2n) is 7.01. The molecule has 4 rings (SSSR count). The quantitative estimate of drug-likeness (QED) is 0.168. The molecule has 0 bridgehead atoms. The van der Waals surface area contributed by atoms with Crippen molar-refractivity contribution >= 4 is 100 Å². The fourth-order valence-electron chi connectivity index (χ4n) is 2.91. The number of hydrogen-bond donors (Lipinski definition) is 2. The Hall–Kier alpha value is -1.91. The SMILES string of the molecule is Cc1ccc(Cl)cc1NC(=O)CSc1nc2ccc(N=Cc3cc(Br)cc(Br)c3O)cc2s1. The molecule has 0 saturated heterocycles. The molecule has 0 atom stereocenters. The van der Waals surface area contributed by atoms with Crippen molar-refractivity contribution in [1.29, 1.82) is 0 Å². The van der Waals surface area contributed by atoms with Gasteiger partial charge in [0.1, 0.15) is 5.75 Å². The Morgan fingerprint density at radius 2 is 2.06 bits per heavy atom. The number of aromatic nitrogens is 1. The number of nitrogens with zero attached hydrogens (tertiary/aromatic N) is 2. The summed E-state index contributed by atoms with van der Waals surface area (Å²) in [5.41, 5.74) is 3.85. The number of amides is 1. The molecule has 4 aromatic rings. The van der Waals surface area contributed by atoms with Crippen molar-refractivity contribution in [3.05, 3.63) is 73.6 Å². The Kier molecular flexibility index (Phi) is 7.76. The minimum Gasteiger partial charge on any atom is -0.506 e. The van der Waals surface area contributed by atoms with E-state index in [4.69, 9.17) is 11.6 Å². The fraction of sp³-hybridized carbons (Fsp3) is 0.0870. The number of anilines is 1. The van der Waals surface area contributed by atoms with Crippen LogP contribution in [0.25, 0.3) is 10.2 Å². The summed E-state index contributed by atoms with van der Waals surface area (Å²) in [7, 11) is 0. The average molecular weight is 626 g/mol. The summed E-state index contributed by atoms with van der Waals surface area (Å²) in [4.78, 5) is 21.5. The van der Waals surface area contributed by atoms with E-state index in [0.29, 0.717) is 20.7 Å². The van der Waals surface area contributed by atoms with E-state index in [1.54, 1.807) is 30.5 Å². The molecule has 0 aliphatic carbocycles. The van der Waals surface area contributed by atoms with Crippen LogP contribution in [0.1, 0.15) is 11.1 Å². The number of aromatic hydroxyl groups is 1. The maximum atomic E-state index is 12.4. The van der Waals surface area contributed by atoms with Crippen molar-refractivity contribution < 1.29 is 9.90 Å². The summed E-state index contributed by atoms with van der Waals surface area (Å²) in [5, 5.41) is 13.7. The maximum absolute atomic E-state index is 12.4. The van der Waals surface area contributed by atoms with E-state index in [-0.39, 0.29) is 17.4 Å². The van der Waals surface area contributed by atoms with Crippen LogP contribution in [0.2, 0.25) is 5.02 Å². The zero-order valence-electron chi connectivity index (χ0n) is 17.1. The van der Waals surface area contributed by atoms with Crippen molar-refractivity contribution in [2.75, 3.05) is 11.1 Å². The second kappa shape index (κ2) is 10.6. The number of aryl methyl sites for hydroxylation is 1. The highest BCUT2D eigenvalue weighted by Crippen LogP contribution is 2.33. The summed E-state index contributed by atoms with van der Waals surface area (Å²) in [5.74, 6) is 0.258. The van der Waals surface area contributed by atoms with Crippen molar-refractivity contribution in [1.82, 2.24) is 4.98 Å². The summed E-state index contributed by atoms with van der Waals surface area (Å²) < 4.78 is 3.20. The zero-order valence-corrected chi connectivity index (χ0v) is 22.7. The van der Waals surface area contributed by atoms with E-state index >= 15 is 0 Å². The van der Waals surface area contributed by atoms with Gasteiger partial charge >= 0.3 is 0 Å². The predicted octanol–water partition coefficient (Wildman–Crippen LogP) is 7.97. The van der Waals surface area contributed by atoms with Crippen LogP contribution in [0, 0.1) is 6.92 Å². The number of phenolic OH excluding ortho intramolecular Hbond substituents is 1. The number of rotatable bonds is 6. The summed E-state index contributed by atoms with van der Waals surface area (Å²) >= 11 is 15.6. The lowest BCUT2D eigenvalue weighted by atomic mass is 10.2. The van der Waals surface area contributed by atoms with Crippen LogP contribution in [-0.4, -0.2) is 28.0 Å². The van der Waals surface area contributed by atoms with Crippen LogP contribution in [0.3, 0.4) is 0 Å². The van der Waals surface area contributed by atoms with Crippen molar-refractivity contribution in [3.63, 3.8) is 0 Å². The van der Waals surface area contributed by atoms with Crippen molar-refractivity contribution in [2.45, 2.75) is 11.3 Å². The predicted molar refractivity (Wildman–Crippen MR) is 146 cm³/mol. The Balaban J connectivity index is 1.44. The third-order valence-electron chi connectivity index (χ3n) is 4.56. The third kappa shape index (κ3) is 6.16. The number of thioether (sulfide) groups is 1. The minimum atomic E-state index is -0.116. The average Bonchev–Trinajstić information content (AvgIpc) is 3.18. The highest BCUT2D eigenvalue weighted by atomic mass is 79.9. The summed E-state index contributed by atoms with van der Waals surface area (Å²) in [6.07, 6.45) is 1.62. The van der Waals surface area contributed by atoms with E-state index in [1.807, 2.05) is 31.2 Å². The standard InChI is InChI=1S/C23H16Br2ClN3O2S2/c1-12-2-3-15(26)8-19(12)28-21(30)11-32-23-29-18-5-4-16(9-20(18)33-23)27-10-13-6-14(24)7-17(25)22(13)31/h2-10,31H,11H2,1H3,(H,28,30). The van der Waals surface area contributed by atoms with E-state index in [9.17, 15) is 9.90 Å². The molecule has 168 valence electrons. The monoisotopic (exact) mass is 623 g/mol. The van der Waals surface area contributed by atoms with Crippen LogP contribution < -0.4 is 5.32 Å². The number of aliphatic imine (C=N–C) groups is 1. The molecule has 33 heavy (non-hydrogen) atoms. The number of halogens is 3. The van der Waals surface area contributed by atoms with Gasteiger partial charge in [0.05, 0.1) is 26.1 Å². The second-order valence-corrected chi connectivity index (χ2v) is 11.5. The van der Waals surface area contributed by atoms with Crippen LogP contribution in [0.4, 0.5) is 11.4 Å². The molecule has 0 fully saturated rings.